The Kier molecular flexibility index (Phi) is 3.96. The van der Waals surface area contributed by atoms with Crippen LogP contribution in [0.1, 0.15) is 51.9 Å². The zero-order valence-corrected chi connectivity index (χ0v) is 14.3. The topological polar surface area (TPSA) is 23.6 Å². The van der Waals surface area contributed by atoms with E-state index >= 15 is 0 Å². The Balaban J connectivity index is 1.48. The van der Waals surface area contributed by atoms with E-state index in [1.807, 2.05) is 6.92 Å². The number of carbonyl (C=O) groups excluding carboxylic acids is 1. The first-order chi connectivity index (χ1) is 10.6. The lowest BCUT2D eigenvalue weighted by Crippen LogP contribution is -2.58. The predicted molar refractivity (Wildman–Crippen MR) is 88.4 cm³/mol. The van der Waals surface area contributed by atoms with Gasteiger partial charge in [0.15, 0.2) is 0 Å². The van der Waals surface area contributed by atoms with Crippen LogP contribution in [-0.4, -0.2) is 48.4 Å². The fourth-order valence-electron chi connectivity index (χ4n) is 6.57. The van der Waals surface area contributed by atoms with Gasteiger partial charge in [-0.15, -0.1) is 0 Å². The smallest absolute Gasteiger partial charge is 0.219 e. The first-order valence-electron chi connectivity index (χ1n) is 9.56. The lowest BCUT2D eigenvalue weighted by molar-refractivity contribution is -0.143. The van der Waals surface area contributed by atoms with Gasteiger partial charge in [0.05, 0.1) is 0 Å². The third kappa shape index (κ3) is 2.70. The van der Waals surface area contributed by atoms with Crippen LogP contribution in [0.5, 0.6) is 0 Å². The zero-order valence-electron chi connectivity index (χ0n) is 14.3. The van der Waals surface area contributed by atoms with Crippen molar-refractivity contribution in [3.05, 3.63) is 0 Å². The maximum absolute atomic E-state index is 12.4. The fourth-order valence-corrected chi connectivity index (χ4v) is 6.57. The van der Waals surface area contributed by atoms with Crippen molar-refractivity contribution in [2.45, 2.75) is 57.9 Å². The van der Waals surface area contributed by atoms with E-state index in [0.717, 1.165) is 30.2 Å². The van der Waals surface area contributed by atoms with Gasteiger partial charge in [0.2, 0.25) is 5.91 Å². The molecule has 1 atom stereocenters. The molecule has 0 aromatic rings. The van der Waals surface area contributed by atoms with E-state index < -0.39 is 0 Å². The molecule has 1 saturated heterocycles. The molecule has 1 aliphatic heterocycles. The van der Waals surface area contributed by atoms with Crippen molar-refractivity contribution in [2.24, 2.45) is 29.6 Å². The van der Waals surface area contributed by atoms with Crippen LogP contribution >= 0.6 is 0 Å². The summed E-state index contributed by atoms with van der Waals surface area (Å²) in [5.74, 6) is 4.66. The van der Waals surface area contributed by atoms with Gasteiger partial charge in [-0.05, 0) is 88.1 Å². The molecule has 0 radical (unpaired) electrons. The number of rotatable bonds is 3. The second kappa shape index (κ2) is 5.81. The van der Waals surface area contributed by atoms with Crippen molar-refractivity contribution >= 4 is 5.91 Å². The van der Waals surface area contributed by atoms with Crippen LogP contribution in [0.15, 0.2) is 0 Å². The number of hydrogen-bond acceptors (Lipinski definition) is 2. The number of likely N-dealkylation sites (tertiary alicyclic amines) is 1. The highest BCUT2D eigenvalue weighted by Crippen LogP contribution is 2.55. The van der Waals surface area contributed by atoms with Gasteiger partial charge >= 0.3 is 0 Å². The minimum atomic E-state index is 0.339. The van der Waals surface area contributed by atoms with Crippen LogP contribution in [0.25, 0.3) is 0 Å². The highest BCUT2D eigenvalue weighted by molar-refractivity contribution is 5.73. The maximum Gasteiger partial charge on any atom is 0.219 e. The Morgan fingerprint density at radius 3 is 2.27 bits per heavy atom. The van der Waals surface area contributed by atoms with Gasteiger partial charge in [0, 0.05) is 26.1 Å². The molecule has 0 aromatic carbocycles. The minimum Gasteiger partial charge on any atom is -0.339 e. The monoisotopic (exact) mass is 304 g/mol. The number of hydrogen-bond donors (Lipinski definition) is 0. The third-order valence-corrected chi connectivity index (χ3v) is 7.12. The maximum atomic E-state index is 12.4. The van der Waals surface area contributed by atoms with Gasteiger partial charge in [-0.2, -0.15) is 0 Å². The predicted octanol–water partition coefficient (Wildman–Crippen LogP) is 3.00. The van der Waals surface area contributed by atoms with Crippen LogP contribution in [0.4, 0.5) is 0 Å². The van der Waals surface area contributed by atoms with Crippen molar-refractivity contribution < 1.29 is 4.79 Å². The quantitative estimate of drug-likeness (QED) is 0.800. The SMILES string of the molecule is CC(=O)N(CC1CCCN(C)C1)C1C2CC3CC(C2)CC1C3. The first-order valence-corrected chi connectivity index (χ1v) is 9.56. The highest BCUT2D eigenvalue weighted by atomic mass is 16.2. The van der Waals surface area contributed by atoms with E-state index in [4.69, 9.17) is 0 Å². The van der Waals surface area contributed by atoms with Crippen LogP contribution in [0.3, 0.4) is 0 Å². The molecular formula is C19H32N2O. The van der Waals surface area contributed by atoms with Gasteiger partial charge in [0.1, 0.15) is 0 Å². The number of amides is 1. The molecule has 4 saturated carbocycles. The molecule has 0 N–H and O–H groups in total. The molecule has 5 fully saturated rings. The molecule has 4 bridgehead atoms. The molecule has 3 heteroatoms. The second-order valence-electron chi connectivity index (χ2n) is 8.86. The van der Waals surface area contributed by atoms with E-state index in [0.29, 0.717) is 17.9 Å². The molecule has 1 unspecified atom stereocenters. The van der Waals surface area contributed by atoms with E-state index in [2.05, 4.69) is 16.8 Å². The molecule has 4 aliphatic carbocycles. The van der Waals surface area contributed by atoms with E-state index in [1.54, 1.807) is 0 Å². The molecule has 0 aromatic heterocycles. The largest absolute Gasteiger partial charge is 0.339 e. The summed E-state index contributed by atoms with van der Waals surface area (Å²) in [6.45, 7) is 5.25. The van der Waals surface area contributed by atoms with Gasteiger partial charge in [0.25, 0.3) is 0 Å². The second-order valence-corrected chi connectivity index (χ2v) is 8.86. The highest BCUT2D eigenvalue weighted by Gasteiger charge is 2.50. The van der Waals surface area contributed by atoms with Crippen molar-refractivity contribution in [1.29, 1.82) is 0 Å². The van der Waals surface area contributed by atoms with Crippen molar-refractivity contribution in [3.8, 4) is 0 Å². The van der Waals surface area contributed by atoms with E-state index in [-0.39, 0.29) is 0 Å². The molecule has 1 heterocycles. The summed E-state index contributed by atoms with van der Waals surface area (Å²) < 4.78 is 0. The van der Waals surface area contributed by atoms with Crippen LogP contribution < -0.4 is 0 Å². The van der Waals surface area contributed by atoms with Crippen LogP contribution in [-0.2, 0) is 4.79 Å². The fraction of sp³-hybridized carbons (Fsp3) is 0.947. The summed E-state index contributed by atoms with van der Waals surface area (Å²) in [5, 5.41) is 0. The zero-order chi connectivity index (χ0) is 15.3. The van der Waals surface area contributed by atoms with Crippen molar-refractivity contribution in [3.63, 3.8) is 0 Å². The van der Waals surface area contributed by atoms with Gasteiger partial charge in [-0.1, -0.05) is 0 Å². The van der Waals surface area contributed by atoms with Gasteiger partial charge in [-0.25, -0.2) is 0 Å². The molecule has 1 amide bonds. The summed E-state index contributed by atoms with van der Waals surface area (Å²) in [5.41, 5.74) is 0. The minimum absolute atomic E-state index is 0.339. The van der Waals surface area contributed by atoms with E-state index in [9.17, 15) is 4.79 Å². The lowest BCUT2D eigenvalue weighted by Gasteiger charge is -2.57. The molecule has 5 rings (SSSR count). The van der Waals surface area contributed by atoms with Gasteiger partial charge in [-0.3, -0.25) is 4.79 Å². The molecule has 3 nitrogen and oxygen atoms in total. The van der Waals surface area contributed by atoms with Crippen LogP contribution in [0, 0.1) is 29.6 Å². The van der Waals surface area contributed by atoms with Crippen molar-refractivity contribution in [1.82, 2.24) is 9.80 Å². The number of nitrogens with zero attached hydrogens (tertiary/aromatic N) is 2. The Hall–Kier alpha value is -0.570. The number of carbonyl (C=O) groups is 1. The standard InChI is InChI=1S/C19H32N2O/c1-13(22)21(12-14-4-3-5-20(2)11-14)19-17-7-15-6-16(9-17)10-18(19)8-15/h14-19H,3-12H2,1-2H3. The Bertz CT molecular complexity index is 407. The third-order valence-electron chi connectivity index (χ3n) is 7.12. The average molecular weight is 304 g/mol. The molecule has 5 aliphatic rings. The summed E-state index contributed by atoms with van der Waals surface area (Å²) >= 11 is 0. The summed E-state index contributed by atoms with van der Waals surface area (Å²) in [6.07, 6.45) is 9.74. The normalized spacial score (nSPS) is 44.3. The molecular weight excluding hydrogens is 272 g/mol. The molecule has 22 heavy (non-hydrogen) atoms. The number of piperidine rings is 1. The van der Waals surface area contributed by atoms with Crippen molar-refractivity contribution in [2.75, 3.05) is 26.7 Å². The van der Waals surface area contributed by atoms with E-state index in [1.165, 1.54) is 58.0 Å². The van der Waals surface area contributed by atoms with Gasteiger partial charge < -0.3 is 9.80 Å². The Morgan fingerprint density at radius 1 is 1.09 bits per heavy atom. The Labute approximate surface area is 135 Å². The summed E-state index contributed by atoms with van der Waals surface area (Å²) in [6, 6.07) is 0.581. The lowest BCUT2D eigenvalue weighted by atomic mass is 9.54. The molecule has 124 valence electrons. The first kappa shape index (κ1) is 15.0. The van der Waals surface area contributed by atoms with Crippen LogP contribution in [0.2, 0.25) is 0 Å². The molecule has 0 spiro atoms. The Morgan fingerprint density at radius 2 is 1.73 bits per heavy atom. The summed E-state index contributed by atoms with van der Waals surface area (Å²) in [4.78, 5) is 17.2. The average Bonchev–Trinajstić information content (AvgIpc) is 2.44. The summed E-state index contributed by atoms with van der Waals surface area (Å²) in [7, 11) is 2.23.